The average molecular weight is 371 g/mol. The lowest BCUT2D eigenvalue weighted by atomic mass is 10.0. The lowest BCUT2D eigenvalue weighted by molar-refractivity contribution is -0.138. The van der Waals surface area contributed by atoms with Gasteiger partial charge in [-0.1, -0.05) is 0 Å². The van der Waals surface area contributed by atoms with Crippen LogP contribution in [0.25, 0.3) is 0 Å². The van der Waals surface area contributed by atoms with E-state index in [9.17, 15) is 22.8 Å². The Hall–Kier alpha value is -2.51. The maximum atomic E-state index is 14.5. The fraction of sp³-hybridized carbons (Fsp3) is 0.444. The van der Waals surface area contributed by atoms with E-state index in [0.29, 0.717) is 19.2 Å². The molecule has 0 aromatic heterocycles. The maximum absolute atomic E-state index is 14.5. The Morgan fingerprint density at radius 1 is 1.12 bits per heavy atom. The van der Waals surface area contributed by atoms with Crippen molar-refractivity contribution in [1.82, 2.24) is 0 Å². The highest BCUT2D eigenvalue weighted by atomic mass is 19.2. The van der Waals surface area contributed by atoms with E-state index in [1.54, 1.807) is 6.92 Å². The average Bonchev–Trinajstić information content (AvgIpc) is 3.12. The monoisotopic (exact) mass is 371 g/mol. The van der Waals surface area contributed by atoms with Gasteiger partial charge in [0.1, 0.15) is 23.3 Å². The van der Waals surface area contributed by atoms with Gasteiger partial charge in [0.15, 0.2) is 11.6 Å². The number of rotatable bonds is 7. The highest BCUT2D eigenvalue weighted by Crippen LogP contribution is 2.31. The van der Waals surface area contributed by atoms with E-state index in [0.717, 1.165) is 19.1 Å². The molecule has 1 aromatic rings. The third-order valence-electron chi connectivity index (χ3n) is 3.91. The number of hydrogen-bond donors (Lipinski definition) is 0. The molecule has 0 radical (unpaired) electrons. The van der Waals surface area contributed by atoms with Crippen molar-refractivity contribution in [1.29, 1.82) is 0 Å². The van der Waals surface area contributed by atoms with Crippen LogP contribution in [-0.4, -0.2) is 38.1 Å². The highest BCUT2D eigenvalue weighted by Gasteiger charge is 2.31. The number of anilines is 1. The van der Waals surface area contributed by atoms with Gasteiger partial charge in [0, 0.05) is 13.1 Å². The molecule has 0 aliphatic carbocycles. The molecule has 26 heavy (non-hydrogen) atoms. The van der Waals surface area contributed by atoms with Gasteiger partial charge in [-0.3, -0.25) is 4.79 Å². The molecule has 0 spiro atoms. The second kappa shape index (κ2) is 8.73. The first kappa shape index (κ1) is 19.8. The molecule has 5 nitrogen and oxygen atoms in total. The Morgan fingerprint density at radius 2 is 1.77 bits per heavy atom. The van der Waals surface area contributed by atoms with Crippen molar-refractivity contribution in [2.24, 2.45) is 0 Å². The fourth-order valence-corrected chi connectivity index (χ4v) is 2.70. The van der Waals surface area contributed by atoms with E-state index < -0.39 is 46.0 Å². The van der Waals surface area contributed by atoms with E-state index in [2.05, 4.69) is 0 Å². The van der Waals surface area contributed by atoms with Gasteiger partial charge >= 0.3 is 5.97 Å². The predicted molar refractivity (Wildman–Crippen MR) is 88.4 cm³/mol. The minimum atomic E-state index is -1.51. The van der Waals surface area contributed by atoms with Gasteiger partial charge in [-0.25, -0.2) is 18.0 Å². The van der Waals surface area contributed by atoms with Crippen LogP contribution in [-0.2, 0) is 14.3 Å². The summed E-state index contributed by atoms with van der Waals surface area (Å²) in [7, 11) is 0. The molecular formula is C18H20F3NO4. The Balaban J connectivity index is 2.45. The number of carbonyl (C=O) groups is 2. The number of ether oxygens (including phenoxy) is 2. The summed E-state index contributed by atoms with van der Waals surface area (Å²) in [5.74, 6) is -6.29. The van der Waals surface area contributed by atoms with Gasteiger partial charge in [0.25, 0.3) is 0 Å². The van der Waals surface area contributed by atoms with Gasteiger partial charge < -0.3 is 14.4 Å². The second-order valence-corrected chi connectivity index (χ2v) is 5.61. The van der Waals surface area contributed by atoms with Crippen molar-refractivity contribution in [3.05, 3.63) is 40.9 Å². The molecule has 0 N–H and O–H groups in total. The third-order valence-corrected chi connectivity index (χ3v) is 3.91. The van der Waals surface area contributed by atoms with Crippen molar-refractivity contribution >= 4 is 17.4 Å². The molecule has 0 unspecified atom stereocenters. The normalized spacial score (nSPS) is 14.5. The smallest absolute Gasteiger partial charge is 0.345 e. The zero-order valence-corrected chi connectivity index (χ0v) is 14.6. The van der Waals surface area contributed by atoms with Gasteiger partial charge in [0.05, 0.1) is 18.8 Å². The minimum absolute atomic E-state index is 0.0331. The Morgan fingerprint density at radius 3 is 2.35 bits per heavy atom. The first-order valence-electron chi connectivity index (χ1n) is 8.38. The molecule has 0 saturated carbocycles. The second-order valence-electron chi connectivity index (χ2n) is 5.61. The lowest BCUT2D eigenvalue weighted by Gasteiger charge is -2.20. The van der Waals surface area contributed by atoms with Crippen LogP contribution < -0.4 is 4.90 Å². The topological polar surface area (TPSA) is 55.8 Å². The summed E-state index contributed by atoms with van der Waals surface area (Å²) in [6, 6.07) is 0.605. The zero-order valence-electron chi connectivity index (χ0n) is 14.6. The van der Waals surface area contributed by atoms with Crippen molar-refractivity contribution in [3.8, 4) is 0 Å². The number of hydrogen-bond acceptors (Lipinski definition) is 5. The lowest BCUT2D eigenvalue weighted by Crippen LogP contribution is -2.23. The molecular weight excluding hydrogens is 351 g/mol. The van der Waals surface area contributed by atoms with E-state index >= 15 is 0 Å². The number of nitrogens with zero attached hydrogens (tertiary/aromatic N) is 1. The standard InChI is InChI=1S/C18H20F3NO4/c1-3-25-10-12(18(24)26-4-2)17(23)11-9-13(19)16(15(21)14(11)20)22-7-5-6-8-22/h9-10H,3-8H2,1-2H3. The van der Waals surface area contributed by atoms with Crippen molar-refractivity contribution < 1.29 is 32.2 Å². The van der Waals surface area contributed by atoms with Crippen molar-refractivity contribution in [2.75, 3.05) is 31.2 Å². The van der Waals surface area contributed by atoms with Crippen LogP contribution in [0, 0.1) is 17.5 Å². The first-order chi connectivity index (χ1) is 12.4. The fourth-order valence-electron chi connectivity index (χ4n) is 2.70. The van der Waals surface area contributed by atoms with Crippen LogP contribution in [0.2, 0.25) is 0 Å². The summed E-state index contributed by atoms with van der Waals surface area (Å²) in [5.41, 5.74) is -2.02. The molecule has 1 saturated heterocycles. The Labute approximate surface area is 149 Å². The molecule has 1 aliphatic rings. The SMILES string of the molecule is CCOC=C(C(=O)OCC)C(=O)c1cc(F)c(N2CCCC2)c(F)c1F. The molecule has 1 fully saturated rings. The molecule has 2 rings (SSSR count). The zero-order chi connectivity index (χ0) is 19.3. The Kier molecular flexibility index (Phi) is 6.65. The number of Topliss-reactive ketones (excluding diaryl/α,β-unsaturated/α-hetero) is 1. The maximum Gasteiger partial charge on any atom is 0.345 e. The largest absolute Gasteiger partial charge is 0.500 e. The van der Waals surface area contributed by atoms with Gasteiger partial charge in [-0.05, 0) is 32.8 Å². The summed E-state index contributed by atoms with van der Waals surface area (Å²) in [6.07, 6.45) is 2.29. The van der Waals surface area contributed by atoms with Crippen LogP contribution in [0.15, 0.2) is 17.9 Å². The number of halogens is 3. The summed E-state index contributed by atoms with van der Waals surface area (Å²) in [4.78, 5) is 25.8. The molecule has 1 aliphatic heterocycles. The number of ketones is 1. The molecule has 0 amide bonds. The van der Waals surface area contributed by atoms with Gasteiger partial charge in [0.2, 0.25) is 5.78 Å². The molecule has 1 aromatic carbocycles. The molecule has 8 heteroatoms. The molecule has 0 atom stereocenters. The van der Waals surface area contributed by atoms with E-state index in [1.165, 1.54) is 11.8 Å². The summed E-state index contributed by atoms with van der Waals surface area (Å²) in [5, 5.41) is 0. The molecule has 0 bridgehead atoms. The highest BCUT2D eigenvalue weighted by molar-refractivity contribution is 6.24. The van der Waals surface area contributed by atoms with E-state index in [4.69, 9.17) is 9.47 Å². The van der Waals surface area contributed by atoms with Crippen molar-refractivity contribution in [2.45, 2.75) is 26.7 Å². The summed E-state index contributed by atoms with van der Waals surface area (Å²) >= 11 is 0. The Bertz CT molecular complexity index is 728. The van der Waals surface area contributed by atoms with E-state index in [1.807, 2.05) is 0 Å². The molecule has 1 heterocycles. The van der Waals surface area contributed by atoms with Crippen LogP contribution in [0.3, 0.4) is 0 Å². The van der Waals surface area contributed by atoms with Gasteiger partial charge in [-0.2, -0.15) is 0 Å². The third kappa shape index (κ3) is 4.00. The molecule has 142 valence electrons. The quantitative estimate of drug-likeness (QED) is 0.140. The van der Waals surface area contributed by atoms with Crippen LogP contribution >= 0.6 is 0 Å². The summed E-state index contributed by atoms with van der Waals surface area (Å²) < 4.78 is 52.9. The van der Waals surface area contributed by atoms with Crippen LogP contribution in [0.5, 0.6) is 0 Å². The van der Waals surface area contributed by atoms with Crippen molar-refractivity contribution in [3.63, 3.8) is 0 Å². The predicted octanol–water partition coefficient (Wildman–Crippen LogP) is 3.37. The van der Waals surface area contributed by atoms with Crippen LogP contribution in [0.4, 0.5) is 18.9 Å². The first-order valence-corrected chi connectivity index (χ1v) is 8.38. The number of carbonyl (C=O) groups excluding carboxylic acids is 2. The number of esters is 1. The summed E-state index contributed by atoms with van der Waals surface area (Å²) in [6.45, 7) is 4.03. The van der Waals surface area contributed by atoms with Crippen LogP contribution in [0.1, 0.15) is 37.0 Å². The number of benzene rings is 1. The van der Waals surface area contributed by atoms with Gasteiger partial charge in [-0.15, -0.1) is 0 Å². The minimum Gasteiger partial charge on any atom is -0.500 e. The van der Waals surface area contributed by atoms with E-state index in [-0.39, 0.29) is 13.2 Å².